The lowest BCUT2D eigenvalue weighted by Gasteiger charge is -2.09. The van der Waals surface area contributed by atoms with Crippen LogP contribution in [-0.4, -0.2) is 24.8 Å². The van der Waals surface area contributed by atoms with Crippen LogP contribution in [-0.2, 0) is 10.0 Å². The summed E-state index contributed by atoms with van der Waals surface area (Å²) in [7, 11) is -3.81. The van der Waals surface area contributed by atoms with Crippen LogP contribution in [0, 0.1) is 0 Å². The van der Waals surface area contributed by atoms with Crippen LogP contribution in [0.2, 0.25) is 0 Å². The molecule has 3 rings (SSSR count). The lowest BCUT2D eigenvalue weighted by atomic mass is 10.1. The number of primary sulfonamides is 1. The average molecular weight is 492 g/mol. The van der Waals surface area contributed by atoms with Crippen LogP contribution in [0.1, 0.15) is 25.3 Å². The Labute approximate surface area is 182 Å². The summed E-state index contributed by atoms with van der Waals surface area (Å²) in [6, 6.07) is 11.3. The summed E-state index contributed by atoms with van der Waals surface area (Å²) in [5, 5.41) is 8.85. The van der Waals surface area contributed by atoms with E-state index < -0.39 is 10.0 Å². The molecule has 0 spiro atoms. The summed E-state index contributed by atoms with van der Waals surface area (Å²) in [6.45, 7) is 6.61. The highest BCUT2D eigenvalue weighted by molar-refractivity contribution is 9.10. The van der Waals surface area contributed by atoms with Crippen molar-refractivity contribution in [3.05, 3.63) is 73.4 Å². The summed E-state index contributed by atoms with van der Waals surface area (Å²) in [5.74, 6) is 0.677. The third kappa shape index (κ3) is 4.92. The summed E-state index contributed by atoms with van der Waals surface area (Å²) in [4.78, 5) is 13.0. The standard InChI is InChI=1S/C21H22BrN3O4S/c1-3-4-11-29-20-10-5-16(22)12-15(20)13-19-14(2)24-25(21(19)26)17-6-8-18(9-7-17)30(23,27)28/h5-10,12-13,24H,2-4,11H2,1H3,(H2,23,27,28). The number of ether oxygens (including phenoxy) is 1. The van der Waals surface area contributed by atoms with Crippen molar-refractivity contribution in [3.8, 4) is 11.4 Å². The van der Waals surface area contributed by atoms with Crippen LogP contribution >= 0.6 is 15.9 Å². The Morgan fingerprint density at radius 1 is 1.23 bits per heavy atom. The van der Waals surface area contributed by atoms with Crippen LogP contribution in [0.4, 0.5) is 0 Å². The minimum absolute atomic E-state index is 0.0320. The maximum atomic E-state index is 13.0. The van der Waals surface area contributed by atoms with Crippen LogP contribution in [0.15, 0.2) is 56.6 Å². The number of sulfonamides is 1. The second-order valence-electron chi connectivity index (χ2n) is 6.71. The summed E-state index contributed by atoms with van der Waals surface area (Å²) >= 11 is 3.45. The number of aromatic amines is 1. The van der Waals surface area contributed by atoms with E-state index in [2.05, 4.69) is 34.5 Å². The number of nitrogens with zero attached hydrogens (tertiary/aromatic N) is 1. The van der Waals surface area contributed by atoms with Crippen molar-refractivity contribution < 1.29 is 13.2 Å². The topological polar surface area (TPSA) is 107 Å². The molecule has 0 amide bonds. The van der Waals surface area contributed by atoms with Gasteiger partial charge in [-0.3, -0.25) is 9.89 Å². The maximum absolute atomic E-state index is 13.0. The minimum Gasteiger partial charge on any atom is -0.493 e. The Hall–Kier alpha value is -2.62. The molecule has 2 aromatic carbocycles. The first-order chi connectivity index (χ1) is 14.2. The lowest BCUT2D eigenvalue weighted by Crippen LogP contribution is -2.34. The first-order valence-corrected chi connectivity index (χ1v) is 11.6. The molecule has 158 valence electrons. The van der Waals surface area contributed by atoms with Gasteiger partial charge in [0, 0.05) is 10.0 Å². The van der Waals surface area contributed by atoms with Gasteiger partial charge in [0.2, 0.25) is 10.0 Å². The maximum Gasteiger partial charge on any atom is 0.279 e. The van der Waals surface area contributed by atoms with E-state index in [-0.39, 0.29) is 10.5 Å². The Morgan fingerprint density at radius 2 is 1.93 bits per heavy atom. The molecule has 0 aliphatic heterocycles. The minimum atomic E-state index is -3.81. The van der Waals surface area contributed by atoms with Crippen molar-refractivity contribution >= 4 is 38.6 Å². The molecule has 7 nitrogen and oxygen atoms in total. The second-order valence-corrected chi connectivity index (χ2v) is 9.19. The number of hydrogen-bond donors (Lipinski definition) is 2. The first kappa shape index (κ1) is 22.1. The van der Waals surface area contributed by atoms with Gasteiger partial charge in [0.25, 0.3) is 5.56 Å². The van der Waals surface area contributed by atoms with E-state index in [4.69, 9.17) is 9.88 Å². The number of nitrogens with one attached hydrogen (secondary N) is 1. The zero-order valence-corrected chi connectivity index (χ0v) is 18.8. The fraction of sp³-hybridized carbons (Fsp3) is 0.190. The van der Waals surface area contributed by atoms with Gasteiger partial charge >= 0.3 is 0 Å². The largest absolute Gasteiger partial charge is 0.493 e. The molecule has 0 fully saturated rings. The van der Waals surface area contributed by atoms with E-state index in [1.165, 1.54) is 28.9 Å². The highest BCUT2D eigenvalue weighted by Crippen LogP contribution is 2.24. The number of rotatable bonds is 7. The van der Waals surface area contributed by atoms with Gasteiger partial charge in [-0.1, -0.05) is 35.9 Å². The SMILES string of the molecule is C=c1[nH]n(-c2ccc(S(N)(=O)=O)cc2)c(=O)c1=Cc1cc(Br)ccc1OCCCC. The molecule has 0 saturated heterocycles. The van der Waals surface area contributed by atoms with Gasteiger partial charge in [-0.2, -0.15) is 0 Å². The summed E-state index contributed by atoms with van der Waals surface area (Å²) < 4.78 is 30.9. The van der Waals surface area contributed by atoms with Gasteiger partial charge in [0.1, 0.15) is 5.75 Å². The van der Waals surface area contributed by atoms with E-state index in [9.17, 15) is 13.2 Å². The third-order valence-corrected chi connectivity index (χ3v) is 5.88. The molecular weight excluding hydrogens is 470 g/mol. The molecule has 3 N–H and O–H groups in total. The zero-order valence-electron chi connectivity index (χ0n) is 16.4. The molecule has 0 aliphatic carbocycles. The van der Waals surface area contributed by atoms with Gasteiger partial charge in [-0.05, 0) is 55.0 Å². The Balaban J connectivity index is 2.07. The number of benzene rings is 2. The quantitative estimate of drug-likeness (QED) is 0.492. The molecular formula is C21H22BrN3O4S. The van der Waals surface area contributed by atoms with Gasteiger partial charge in [-0.25, -0.2) is 18.2 Å². The summed E-state index contributed by atoms with van der Waals surface area (Å²) in [6.07, 6.45) is 3.68. The number of halogens is 1. The fourth-order valence-corrected chi connectivity index (χ4v) is 3.75. The van der Waals surface area contributed by atoms with Gasteiger partial charge in [-0.15, -0.1) is 0 Å². The van der Waals surface area contributed by atoms with Crippen molar-refractivity contribution in [2.45, 2.75) is 24.7 Å². The number of aromatic nitrogens is 2. The molecule has 0 atom stereocenters. The van der Waals surface area contributed by atoms with Crippen molar-refractivity contribution in [1.82, 2.24) is 9.78 Å². The lowest BCUT2D eigenvalue weighted by molar-refractivity contribution is 0.308. The molecule has 0 aliphatic rings. The van der Waals surface area contributed by atoms with Crippen LogP contribution < -0.4 is 26.0 Å². The fourth-order valence-electron chi connectivity index (χ4n) is 2.86. The molecule has 1 heterocycles. The van der Waals surface area contributed by atoms with E-state index in [1.54, 1.807) is 6.08 Å². The molecule has 3 aromatic rings. The van der Waals surface area contributed by atoms with Crippen molar-refractivity contribution in [2.24, 2.45) is 5.14 Å². The van der Waals surface area contributed by atoms with E-state index >= 15 is 0 Å². The number of H-pyrrole nitrogens is 1. The predicted octanol–water partition coefficient (Wildman–Crippen LogP) is 1.99. The van der Waals surface area contributed by atoms with E-state index in [0.717, 1.165) is 22.9 Å². The van der Waals surface area contributed by atoms with Crippen molar-refractivity contribution in [3.63, 3.8) is 0 Å². The predicted molar refractivity (Wildman–Crippen MR) is 121 cm³/mol. The van der Waals surface area contributed by atoms with Gasteiger partial charge in [0.15, 0.2) is 0 Å². The van der Waals surface area contributed by atoms with Crippen LogP contribution in [0.5, 0.6) is 5.75 Å². The second kappa shape index (κ2) is 9.03. The van der Waals surface area contributed by atoms with E-state index in [1.807, 2.05) is 18.2 Å². The molecule has 0 bridgehead atoms. The highest BCUT2D eigenvalue weighted by atomic mass is 79.9. The Kier molecular flexibility index (Phi) is 6.64. The van der Waals surface area contributed by atoms with Crippen molar-refractivity contribution in [2.75, 3.05) is 6.61 Å². The zero-order chi connectivity index (χ0) is 21.9. The van der Waals surface area contributed by atoms with E-state index in [0.29, 0.717) is 28.6 Å². The van der Waals surface area contributed by atoms with Gasteiger partial charge < -0.3 is 4.74 Å². The smallest absolute Gasteiger partial charge is 0.279 e. The average Bonchev–Trinajstić information content (AvgIpc) is 2.97. The Morgan fingerprint density at radius 3 is 2.57 bits per heavy atom. The normalized spacial score (nSPS) is 12.3. The number of hydrogen-bond acceptors (Lipinski definition) is 4. The van der Waals surface area contributed by atoms with Crippen LogP contribution in [0.25, 0.3) is 18.3 Å². The van der Waals surface area contributed by atoms with Gasteiger partial charge in [0.05, 0.1) is 27.8 Å². The third-order valence-electron chi connectivity index (χ3n) is 4.46. The molecule has 9 heteroatoms. The Bertz CT molecular complexity index is 1330. The molecule has 0 unspecified atom stereocenters. The highest BCUT2D eigenvalue weighted by Gasteiger charge is 2.10. The number of nitrogens with two attached hydrogens (primary N) is 1. The summed E-state index contributed by atoms with van der Waals surface area (Å²) in [5.41, 5.74) is 0.895. The molecule has 0 radical (unpaired) electrons. The molecule has 30 heavy (non-hydrogen) atoms. The molecule has 1 aromatic heterocycles. The van der Waals surface area contributed by atoms with Crippen LogP contribution in [0.3, 0.4) is 0 Å². The first-order valence-electron chi connectivity index (χ1n) is 9.28. The molecule has 0 saturated carbocycles. The monoisotopic (exact) mass is 491 g/mol. The number of unbranched alkanes of at least 4 members (excludes halogenated alkanes) is 1. The van der Waals surface area contributed by atoms with Crippen molar-refractivity contribution in [1.29, 1.82) is 0 Å².